The maximum atomic E-state index is 13.1. The molecule has 3 aromatic rings. The number of nitrogens with zero attached hydrogens (tertiary/aromatic N) is 4. The van der Waals surface area contributed by atoms with Crippen LogP contribution in [0.3, 0.4) is 0 Å². The van der Waals surface area contributed by atoms with Crippen LogP contribution in [0.4, 0.5) is 0 Å². The summed E-state index contributed by atoms with van der Waals surface area (Å²) in [6.07, 6.45) is 1.20. The van der Waals surface area contributed by atoms with Crippen LogP contribution in [0.2, 0.25) is 5.02 Å². The molecule has 11 heteroatoms. The molecule has 180 valence electrons. The summed E-state index contributed by atoms with van der Waals surface area (Å²) in [7, 11) is -0.489. The number of carbonyl (C=O) groups excluding carboxylic acids is 1. The van der Waals surface area contributed by atoms with Gasteiger partial charge in [0.05, 0.1) is 24.5 Å². The average molecular weight is 505 g/mol. The molecule has 1 atom stereocenters. The summed E-state index contributed by atoms with van der Waals surface area (Å²) < 4.78 is 38.0. The Hall–Kier alpha value is -2.95. The normalized spacial score (nSPS) is 16.9. The van der Waals surface area contributed by atoms with E-state index in [1.165, 1.54) is 21.3 Å². The van der Waals surface area contributed by atoms with E-state index >= 15 is 0 Å². The number of methoxy groups -OCH3 is 1. The molecule has 1 aromatic heterocycles. The Morgan fingerprint density at radius 3 is 2.76 bits per heavy atom. The number of sulfonamides is 1. The fourth-order valence-corrected chi connectivity index (χ4v) is 5.56. The van der Waals surface area contributed by atoms with Crippen LogP contribution in [0.5, 0.6) is 5.75 Å². The topological polar surface area (TPSA) is 106 Å². The molecule has 0 N–H and O–H groups in total. The maximum Gasteiger partial charge on any atom is 0.246 e. The first-order chi connectivity index (χ1) is 16.3. The van der Waals surface area contributed by atoms with Crippen LogP contribution in [0.15, 0.2) is 57.9 Å². The van der Waals surface area contributed by atoms with E-state index in [9.17, 15) is 13.2 Å². The third-order valence-corrected chi connectivity index (χ3v) is 7.86. The summed E-state index contributed by atoms with van der Waals surface area (Å²) in [4.78, 5) is 19.1. The van der Waals surface area contributed by atoms with Crippen molar-refractivity contribution < 1.29 is 22.5 Å². The highest BCUT2D eigenvalue weighted by Gasteiger charge is 2.34. The number of hydrogen-bond acceptors (Lipinski definition) is 7. The lowest BCUT2D eigenvalue weighted by Crippen LogP contribution is -2.45. The number of hydrogen-bond donors (Lipinski definition) is 0. The van der Waals surface area contributed by atoms with E-state index in [0.717, 1.165) is 5.56 Å². The molecule has 2 aromatic carbocycles. The summed E-state index contributed by atoms with van der Waals surface area (Å²) in [5, 5.41) is 4.46. The second-order valence-corrected chi connectivity index (χ2v) is 10.5. The van der Waals surface area contributed by atoms with Crippen molar-refractivity contribution in [1.82, 2.24) is 19.3 Å². The first-order valence-corrected chi connectivity index (χ1v) is 12.6. The van der Waals surface area contributed by atoms with Gasteiger partial charge in [-0.25, -0.2) is 8.42 Å². The average Bonchev–Trinajstić information content (AvgIpc) is 3.32. The minimum Gasteiger partial charge on any atom is -0.497 e. The Balaban J connectivity index is 1.41. The van der Waals surface area contributed by atoms with Crippen molar-refractivity contribution in [3.05, 3.63) is 59.4 Å². The number of aromatic nitrogens is 2. The van der Waals surface area contributed by atoms with Crippen LogP contribution >= 0.6 is 11.6 Å². The summed E-state index contributed by atoms with van der Waals surface area (Å²) in [5.74, 6) is 0.730. The molecule has 0 radical (unpaired) electrons. The van der Waals surface area contributed by atoms with Gasteiger partial charge in [0.2, 0.25) is 27.6 Å². The zero-order chi connectivity index (χ0) is 24.3. The van der Waals surface area contributed by atoms with Gasteiger partial charge in [-0.15, -0.1) is 0 Å². The van der Waals surface area contributed by atoms with Crippen LogP contribution in [0, 0.1) is 5.92 Å². The Bertz CT molecular complexity index is 1260. The zero-order valence-electron chi connectivity index (χ0n) is 18.8. The van der Waals surface area contributed by atoms with Gasteiger partial charge >= 0.3 is 0 Å². The van der Waals surface area contributed by atoms with E-state index in [1.54, 1.807) is 32.4 Å². The molecular formula is C23H25ClN4O5S. The summed E-state index contributed by atoms with van der Waals surface area (Å²) >= 11 is 5.88. The van der Waals surface area contributed by atoms with Gasteiger partial charge in [-0.3, -0.25) is 4.79 Å². The zero-order valence-corrected chi connectivity index (χ0v) is 20.4. The number of carbonyl (C=O) groups is 1. The predicted octanol–water partition coefficient (Wildman–Crippen LogP) is 3.46. The quantitative estimate of drug-likeness (QED) is 0.485. The standard InChI is InChI=1S/C23H25ClN4O5S/c1-27(15-21-25-22(26-33-21)16-5-3-7-19(13-16)32-2)23(29)17-6-4-12-28(14-17)34(30,31)20-10-8-18(24)9-11-20/h3,5,7-11,13,17H,4,6,12,14-15H2,1-2H3. The van der Waals surface area contributed by atoms with Crippen molar-refractivity contribution in [2.75, 3.05) is 27.2 Å². The number of halogens is 1. The maximum absolute atomic E-state index is 13.1. The van der Waals surface area contributed by atoms with E-state index in [2.05, 4.69) is 10.1 Å². The number of amides is 1. The Labute approximate surface area is 203 Å². The SMILES string of the molecule is COc1cccc(-c2noc(CN(C)C(=O)C3CCCN(S(=O)(=O)c4ccc(Cl)cc4)C3)n2)c1. The number of ether oxygens (including phenoxy) is 1. The molecule has 1 amide bonds. The Morgan fingerprint density at radius 2 is 2.03 bits per heavy atom. The second kappa shape index (κ2) is 10.1. The monoisotopic (exact) mass is 504 g/mol. The van der Waals surface area contributed by atoms with E-state index < -0.39 is 15.9 Å². The molecule has 0 spiro atoms. The predicted molar refractivity (Wildman–Crippen MR) is 126 cm³/mol. The van der Waals surface area contributed by atoms with Crippen molar-refractivity contribution in [3.63, 3.8) is 0 Å². The van der Waals surface area contributed by atoms with Gasteiger partial charge in [0.1, 0.15) is 5.75 Å². The fourth-order valence-electron chi connectivity index (χ4n) is 3.91. The van der Waals surface area contributed by atoms with Crippen molar-refractivity contribution >= 4 is 27.5 Å². The molecule has 1 saturated heterocycles. The number of piperidine rings is 1. The lowest BCUT2D eigenvalue weighted by atomic mass is 9.98. The first-order valence-electron chi connectivity index (χ1n) is 10.8. The lowest BCUT2D eigenvalue weighted by Gasteiger charge is -2.33. The van der Waals surface area contributed by atoms with E-state index in [-0.39, 0.29) is 29.8 Å². The summed E-state index contributed by atoms with van der Waals surface area (Å²) in [6, 6.07) is 13.3. The molecule has 1 unspecified atom stereocenters. The Kier molecular flexibility index (Phi) is 7.20. The molecule has 0 saturated carbocycles. The van der Waals surface area contributed by atoms with E-state index in [4.69, 9.17) is 20.9 Å². The highest BCUT2D eigenvalue weighted by molar-refractivity contribution is 7.89. The number of benzene rings is 2. The second-order valence-electron chi connectivity index (χ2n) is 8.09. The van der Waals surface area contributed by atoms with Crippen LogP contribution in [0.1, 0.15) is 18.7 Å². The van der Waals surface area contributed by atoms with Crippen LogP contribution in [-0.2, 0) is 21.4 Å². The van der Waals surface area contributed by atoms with Gasteiger partial charge in [-0.05, 0) is 49.2 Å². The van der Waals surface area contributed by atoms with Crippen LogP contribution in [0.25, 0.3) is 11.4 Å². The highest BCUT2D eigenvalue weighted by Crippen LogP contribution is 2.26. The fraction of sp³-hybridized carbons (Fsp3) is 0.348. The van der Waals surface area contributed by atoms with Crippen molar-refractivity contribution in [2.24, 2.45) is 5.92 Å². The molecule has 4 rings (SSSR count). The minimum absolute atomic E-state index is 0.118. The summed E-state index contributed by atoms with van der Waals surface area (Å²) in [5.41, 5.74) is 0.735. The highest BCUT2D eigenvalue weighted by atomic mass is 35.5. The molecule has 1 aliphatic heterocycles. The van der Waals surface area contributed by atoms with Crippen molar-refractivity contribution in [1.29, 1.82) is 0 Å². The molecular weight excluding hydrogens is 480 g/mol. The summed E-state index contributed by atoms with van der Waals surface area (Å²) in [6.45, 7) is 0.606. The van der Waals surface area contributed by atoms with E-state index in [0.29, 0.717) is 36.0 Å². The number of rotatable bonds is 7. The molecule has 2 heterocycles. The minimum atomic E-state index is -3.71. The van der Waals surface area contributed by atoms with E-state index in [1.807, 2.05) is 18.2 Å². The first kappa shape index (κ1) is 24.2. The smallest absolute Gasteiger partial charge is 0.246 e. The molecule has 34 heavy (non-hydrogen) atoms. The van der Waals surface area contributed by atoms with Crippen molar-refractivity contribution in [3.8, 4) is 17.1 Å². The molecule has 0 bridgehead atoms. The van der Waals surface area contributed by atoms with Crippen LogP contribution < -0.4 is 4.74 Å². The van der Waals surface area contributed by atoms with Crippen molar-refractivity contribution in [2.45, 2.75) is 24.3 Å². The molecule has 1 aliphatic rings. The van der Waals surface area contributed by atoms with Crippen LogP contribution in [-0.4, -0.2) is 60.9 Å². The molecule has 9 nitrogen and oxygen atoms in total. The van der Waals surface area contributed by atoms with Gasteiger partial charge < -0.3 is 14.2 Å². The van der Waals surface area contributed by atoms with Gasteiger partial charge in [0, 0.05) is 30.7 Å². The molecule has 0 aliphatic carbocycles. The largest absolute Gasteiger partial charge is 0.497 e. The Morgan fingerprint density at radius 1 is 1.26 bits per heavy atom. The van der Waals surface area contributed by atoms with Gasteiger partial charge in [0.15, 0.2) is 0 Å². The third-order valence-electron chi connectivity index (χ3n) is 5.73. The van der Waals surface area contributed by atoms with Gasteiger partial charge in [0.25, 0.3) is 0 Å². The van der Waals surface area contributed by atoms with Gasteiger partial charge in [-0.1, -0.05) is 28.9 Å². The third kappa shape index (κ3) is 5.24. The molecule has 1 fully saturated rings. The van der Waals surface area contributed by atoms with Gasteiger partial charge in [-0.2, -0.15) is 9.29 Å². The lowest BCUT2D eigenvalue weighted by molar-refractivity contribution is -0.136.